The zero-order valence-corrected chi connectivity index (χ0v) is 17.8. The molecule has 1 heterocycles. The molecule has 0 saturated carbocycles. The van der Waals surface area contributed by atoms with Crippen LogP contribution in [0.4, 0.5) is 0 Å². The molecule has 2 atom stereocenters. The van der Waals surface area contributed by atoms with Gasteiger partial charge >= 0.3 is 0 Å². The minimum atomic E-state index is -0.643. The van der Waals surface area contributed by atoms with E-state index in [2.05, 4.69) is 10.6 Å². The third kappa shape index (κ3) is 6.29. The standard InChI is InChI=1S/C20H26ClN3O3S/c1-24(2)17(18-9-6-11-27-18)13-22-20(26)16(10-12-28-3)23-19(25)14-7-4-5-8-15(14)21/h4-9,11,16-17H,10,12-13H2,1-3H3,(H,22,26)(H,23,25). The van der Waals surface area contributed by atoms with Crippen LogP contribution in [-0.4, -0.2) is 55.4 Å². The van der Waals surface area contributed by atoms with E-state index in [1.54, 1.807) is 42.3 Å². The normalized spacial score (nSPS) is 13.2. The third-order valence-corrected chi connectivity index (χ3v) is 5.29. The zero-order valence-electron chi connectivity index (χ0n) is 16.3. The third-order valence-electron chi connectivity index (χ3n) is 4.32. The summed E-state index contributed by atoms with van der Waals surface area (Å²) in [5.74, 6) is 0.928. The molecule has 0 radical (unpaired) electrons. The Labute approximate surface area is 175 Å². The average molecular weight is 424 g/mol. The largest absolute Gasteiger partial charge is 0.468 e. The van der Waals surface area contributed by atoms with Crippen LogP contribution < -0.4 is 10.6 Å². The fourth-order valence-corrected chi connectivity index (χ4v) is 3.42. The van der Waals surface area contributed by atoms with Gasteiger partial charge in [-0.15, -0.1) is 0 Å². The van der Waals surface area contributed by atoms with E-state index >= 15 is 0 Å². The van der Waals surface area contributed by atoms with E-state index in [9.17, 15) is 9.59 Å². The number of hydrogen-bond acceptors (Lipinski definition) is 5. The second kappa shape index (κ2) is 11.1. The minimum Gasteiger partial charge on any atom is -0.468 e. The summed E-state index contributed by atoms with van der Waals surface area (Å²) >= 11 is 7.72. The van der Waals surface area contributed by atoms with Gasteiger partial charge in [0.2, 0.25) is 5.91 Å². The van der Waals surface area contributed by atoms with E-state index in [0.717, 1.165) is 11.5 Å². The second-order valence-corrected chi connectivity index (χ2v) is 7.92. The number of nitrogens with one attached hydrogen (secondary N) is 2. The maximum atomic E-state index is 12.8. The van der Waals surface area contributed by atoms with Crippen molar-refractivity contribution in [3.05, 3.63) is 59.0 Å². The van der Waals surface area contributed by atoms with E-state index in [1.165, 1.54) is 0 Å². The molecule has 2 unspecified atom stereocenters. The summed E-state index contributed by atoms with van der Waals surface area (Å²) in [5, 5.41) is 6.10. The number of benzene rings is 1. The summed E-state index contributed by atoms with van der Waals surface area (Å²) in [4.78, 5) is 27.3. The fraction of sp³-hybridized carbons (Fsp3) is 0.400. The van der Waals surface area contributed by atoms with Crippen LogP contribution in [0.25, 0.3) is 0 Å². The predicted molar refractivity (Wildman–Crippen MR) is 114 cm³/mol. The van der Waals surface area contributed by atoms with Crippen molar-refractivity contribution in [3.63, 3.8) is 0 Å². The molecule has 2 aromatic rings. The topological polar surface area (TPSA) is 74.6 Å². The van der Waals surface area contributed by atoms with Crippen molar-refractivity contribution in [2.24, 2.45) is 0 Å². The Bertz CT molecular complexity index is 768. The van der Waals surface area contributed by atoms with Crippen LogP contribution in [0.5, 0.6) is 0 Å². The number of carbonyl (C=O) groups is 2. The first-order chi connectivity index (χ1) is 13.4. The Hall–Kier alpha value is -1.96. The van der Waals surface area contributed by atoms with Gasteiger partial charge in [0, 0.05) is 6.54 Å². The number of amides is 2. The van der Waals surface area contributed by atoms with Gasteiger partial charge < -0.3 is 15.1 Å². The Balaban J connectivity index is 2.03. The highest BCUT2D eigenvalue weighted by atomic mass is 35.5. The number of thioether (sulfide) groups is 1. The van der Waals surface area contributed by atoms with Gasteiger partial charge in [-0.25, -0.2) is 0 Å². The number of halogens is 1. The zero-order chi connectivity index (χ0) is 20.5. The first-order valence-electron chi connectivity index (χ1n) is 8.96. The summed E-state index contributed by atoms with van der Waals surface area (Å²) < 4.78 is 5.47. The van der Waals surface area contributed by atoms with E-state index in [4.69, 9.17) is 16.0 Å². The Morgan fingerprint density at radius 1 is 1.21 bits per heavy atom. The number of rotatable bonds is 10. The lowest BCUT2D eigenvalue weighted by Gasteiger charge is -2.24. The second-order valence-electron chi connectivity index (χ2n) is 6.53. The molecule has 0 fully saturated rings. The molecular weight excluding hydrogens is 398 g/mol. The van der Waals surface area contributed by atoms with Gasteiger partial charge in [0.25, 0.3) is 5.91 Å². The van der Waals surface area contributed by atoms with Crippen LogP contribution in [0.3, 0.4) is 0 Å². The lowest BCUT2D eigenvalue weighted by atomic mass is 10.1. The van der Waals surface area contributed by atoms with E-state index < -0.39 is 6.04 Å². The van der Waals surface area contributed by atoms with E-state index in [0.29, 0.717) is 23.6 Å². The summed E-state index contributed by atoms with van der Waals surface area (Å²) in [5.41, 5.74) is 0.355. The molecule has 2 rings (SSSR count). The van der Waals surface area contributed by atoms with Gasteiger partial charge in [-0.05, 0) is 56.8 Å². The Morgan fingerprint density at radius 2 is 1.96 bits per heavy atom. The molecule has 28 heavy (non-hydrogen) atoms. The molecule has 0 aliphatic rings. The van der Waals surface area contributed by atoms with Gasteiger partial charge in [-0.2, -0.15) is 11.8 Å². The van der Waals surface area contributed by atoms with Crippen molar-refractivity contribution in [1.29, 1.82) is 0 Å². The first-order valence-corrected chi connectivity index (χ1v) is 10.7. The highest BCUT2D eigenvalue weighted by molar-refractivity contribution is 7.98. The van der Waals surface area contributed by atoms with Crippen molar-refractivity contribution < 1.29 is 14.0 Å². The van der Waals surface area contributed by atoms with Crippen molar-refractivity contribution in [2.75, 3.05) is 32.6 Å². The van der Waals surface area contributed by atoms with Crippen LogP contribution in [0, 0.1) is 0 Å². The maximum Gasteiger partial charge on any atom is 0.253 e. The molecule has 2 amide bonds. The highest BCUT2D eigenvalue weighted by Gasteiger charge is 2.24. The molecule has 0 aliphatic carbocycles. The van der Waals surface area contributed by atoms with Crippen LogP contribution in [0.2, 0.25) is 5.02 Å². The van der Waals surface area contributed by atoms with Gasteiger partial charge in [-0.3, -0.25) is 14.5 Å². The molecule has 1 aromatic heterocycles. The number of nitrogens with zero attached hydrogens (tertiary/aromatic N) is 1. The van der Waals surface area contributed by atoms with Crippen LogP contribution in [-0.2, 0) is 4.79 Å². The van der Waals surface area contributed by atoms with Crippen molar-refractivity contribution in [1.82, 2.24) is 15.5 Å². The van der Waals surface area contributed by atoms with E-state index in [1.807, 2.05) is 37.4 Å². The Kier molecular flexibility index (Phi) is 8.89. The Morgan fingerprint density at radius 3 is 2.57 bits per heavy atom. The lowest BCUT2D eigenvalue weighted by molar-refractivity contribution is -0.123. The minimum absolute atomic E-state index is 0.0978. The van der Waals surface area contributed by atoms with Crippen molar-refractivity contribution in [3.8, 4) is 0 Å². The number of carbonyl (C=O) groups excluding carboxylic acids is 2. The number of furan rings is 1. The summed E-state index contributed by atoms with van der Waals surface area (Å²) in [6.07, 6.45) is 4.10. The fourth-order valence-electron chi connectivity index (χ4n) is 2.72. The summed E-state index contributed by atoms with van der Waals surface area (Å²) in [6, 6.07) is 9.74. The molecule has 1 aromatic carbocycles. The summed E-state index contributed by atoms with van der Waals surface area (Å²) in [6.45, 7) is 0.372. The smallest absolute Gasteiger partial charge is 0.253 e. The summed E-state index contributed by atoms with van der Waals surface area (Å²) in [7, 11) is 3.84. The predicted octanol–water partition coefficient (Wildman–Crippen LogP) is 3.20. The molecule has 152 valence electrons. The first kappa shape index (κ1) is 22.3. The molecule has 0 aliphatic heterocycles. The SMILES string of the molecule is CSCCC(NC(=O)c1ccccc1Cl)C(=O)NCC(c1ccco1)N(C)C. The number of hydrogen-bond donors (Lipinski definition) is 2. The average Bonchev–Trinajstić information content (AvgIpc) is 3.19. The van der Waals surface area contributed by atoms with Crippen LogP contribution >= 0.6 is 23.4 Å². The molecule has 6 nitrogen and oxygen atoms in total. The van der Waals surface area contributed by atoms with Crippen LogP contribution in [0.15, 0.2) is 47.1 Å². The van der Waals surface area contributed by atoms with Gasteiger partial charge in [0.15, 0.2) is 0 Å². The van der Waals surface area contributed by atoms with Gasteiger partial charge in [0.05, 0.1) is 22.9 Å². The van der Waals surface area contributed by atoms with Gasteiger partial charge in [-0.1, -0.05) is 23.7 Å². The number of likely N-dealkylation sites (N-methyl/N-ethyl adjacent to an activating group) is 1. The molecule has 0 bridgehead atoms. The quantitative estimate of drug-likeness (QED) is 0.613. The molecule has 2 N–H and O–H groups in total. The monoisotopic (exact) mass is 423 g/mol. The lowest BCUT2D eigenvalue weighted by Crippen LogP contribution is -2.48. The van der Waals surface area contributed by atoms with Crippen LogP contribution in [0.1, 0.15) is 28.6 Å². The van der Waals surface area contributed by atoms with Crippen molar-refractivity contribution >= 4 is 35.2 Å². The van der Waals surface area contributed by atoms with Crippen molar-refractivity contribution in [2.45, 2.75) is 18.5 Å². The molecule has 8 heteroatoms. The molecule has 0 saturated heterocycles. The highest BCUT2D eigenvalue weighted by Crippen LogP contribution is 2.18. The maximum absolute atomic E-state index is 12.8. The van der Waals surface area contributed by atoms with Gasteiger partial charge in [0.1, 0.15) is 11.8 Å². The van der Waals surface area contributed by atoms with E-state index in [-0.39, 0.29) is 17.9 Å². The molecular formula is C20H26ClN3O3S. The molecule has 0 spiro atoms.